The second-order valence-electron chi connectivity index (χ2n) is 6.54. The Balaban J connectivity index is 1.94. The zero-order valence-corrected chi connectivity index (χ0v) is 15.2. The molecule has 3 heteroatoms. The van der Waals surface area contributed by atoms with Crippen LogP contribution in [0.25, 0.3) is 0 Å². The van der Waals surface area contributed by atoms with Crippen LogP contribution in [0.1, 0.15) is 32.8 Å². The smallest absolute Gasteiger partial charge is 0.142 e. The summed E-state index contributed by atoms with van der Waals surface area (Å²) in [5.41, 5.74) is 2.26. The Labute approximate surface area is 146 Å². The number of benzene rings is 2. The van der Waals surface area contributed by atoms with Gasteiger partial charge in [0.15, 0.2) is 0 Å². The maximum Gasteiger partial charge on any atom is 0.142 e. The van der Waals surface area contributed by atoms with E-state index in [1.165, 1.54) is 5.56 Å². The number of hydrogen-bond acceptors (Lipinski definition) is 3. The van der Waals surface area contributed by atoms with E-state index in [1.807, 2.05) is 36.4 Å². The first kappa shape index (κ1) is 18.2. The quantitative estimate of drug-likeness (QED) is 0.678. The van der Waals surface area contributed by atoms with Crippen molar-refractivity contribution in [1.82, 2.24) is 0 Å². The Morgan fingerprint density at radius 3 is 2.38 bits per heavy atom. The van der Waals surface area contributed by atoms with Crippen molar-refractivity contribution >= 4 is 5.69 Å². The molecule has 1 unspecified atom stereocenters. The summed E-state index contributed by atoms with van der Waals surface area (Å²) in [6.07, 6.45) is 1.06. The maximum atomic E-state index is 6.08. The van der Waals surface area contributed by atoms with Gasteiger partial charge in [-0.15, -0.1) is 0 Å². The van der Waals surface area contributed by atoms with Crippen molar-refractivity contribution in [3.8, 4) is 11.5 Å². The number of hydrogen-bond donors (Lipinski definition) is 1. The van der Waals surface area contributed by atoms with E-state index in [2.05, 4.69) is 45.1 Å². The van der Waals surface area contributed by atoms with Crippen LogP contribution in [0.4, 0.5) is 5.69 Å². The van der Waals surface area contributed by atoms with Crippen LogP contribution in [0.2, 0.25) is 0 Å². The van der Waals surface area contributed by atoms with Gasteiger partial charge in [-0.2, -0.15) is 0 Å². The second kappa shape index (κ2) is 9.21. The minimum atomic E-state index is 0.117. The highest BCUT2D eigenvalue weighted by molar-refractivity contribution is 5.56. The minimum absolute atomic E-state index is 0.117. The van der Waals surface area contributed by atoms with Gasteiger partial charge in [-0.1, -0.05) is 50.6 Å². The fourth-order valence-corrected chi connectivity index (χ4v) is 2.30. The van der Waals surface area contributed by atoms with Crippen LogP contribution in [-0.2, 0) is 0 Å². The van der Waals surface area contributed by atoms with Crippen LogP contribution >= 0.6 is 0 Å². The highest BCUT2D eigenvalue weighted by Crippen LogP contribution is 2.24. The van der Waals surface area contributed by atoms with Gasteiger partial charge in [0.2, 0.25) is 0 Å². The maximum absolute atomic E-state index is 6.08. The SMILES string of the molecule is CCC(CNc1ccccc1OCC(C)C)Oc1ccc(C)cc1. The van der Waals surface area contributed by atoms with Gasteiger partial charge < -0.3 is 14.8 Å². The largest absolute Gasteiger partial charge is 0.491 e. The van der Waals surface area contributed by atoms with E-state index >= 15 is 0 Å². The molecule has 0 aromatic heterocycles. The molecule has 0 saturated heterocycles. The lowest BCUT2D eigenvalue weighted by Crippen LogP contribution is -2.25. The van der Waals surface area contributed by atoms with Crippen LogP contribution in [0.5, 0.6) is 11.5 Å². The summed E-state index contributed by atoms with van der Waals surface area (Å²) < 4.78 is 12.0. The zero-order chi connectivity index (χ0) is 17.4. The molecule has 1 N–H and O–H groups in total. The van der Waals surface area contributed by atoms with Crippen LogP contribution < -0.4 is 14.8 Å². The zero-order valence-electron chi connectivity index (χ0n) is 15.2. The molecule has 0 fully saturated rings. The number of ether oxygens (including phenoxy) is 2. The summed E-state index contributed by atoms with van der Waals surface area (Å²) in [4.78, 5) is 0. The predicted octanol–water partition coefficient (Wildman–Crippen LogP) is 5.30. The summed E-state index contributed by atoms with van der Waals surface area (Å²) in [7, 11) is 0. The number of rotatable bonds is 9. The first-order valence-corrected chi connectivity index (χ1v) is 8.77. The van der Waals surface area contributed by atoms with Gasteiger partial charge in [0.05, 0.1) is 18.8 Å². The lowest BCUT2D eigenvalue weighted by atomic mass is 10.2. The predicted molar refractivity (Wildman–Crippen MR) is 101 cm³/mol. The average Bonchev–Trinajstić information content (AvgIpc) is 2.59. The highest BCUT2D eigenvalue weighted by atomic mass is 16.5. The third-order valence-corrected chi connectivity index (χ3v) is 3.76. The van der Waals surface area contributed by atoms with Gasteiger partial charge in [0.25, 0.3) is 0 Å². The van der Waals surface area contributed by atoms with Crippen molar-refractivity contribution in [3.05, 3.63) is 54.1 Å². The molecule has 0 spiro atoms. The number of nitrogens with one attached hydrogen (secondary N) is 1. The topological polar surface area (TPSA) is 30.5 Å². The van der Waals surface area contributed by atoms with E-state index in [9.17, 15) is 0 Å². The van der Waals surface area contributed by atoms with Crippen molar-refractivity contribution < 1.29 is 9.47 Å². The number of aryl methyl sites for hydroxylation is 1. The highest BCUT2D eigenvalue weighted by Gasteiger charge is 2.10. The molecular formula is C21H29NO2. The van der Waals surface area contributed by atoms with Gasteiger partial charge >= 0.3 is 0 Å². The fourth-order valence-electron chi connectivity index (χ4n) is 2.30. The normalized spacial score (nSPS) is 12.0. The van der Waals surface area contributed by atoms with E-state index < -0.39 is 0 Å². The lowest BCUT2D eigenvalue weighted by Gasteiger charge is -2.20. The molecule has 0 amide bonds. The molecule has 2 aromatic carbocycles. The Bertz CT molecular complexity index is 607. The second-order valence-corrected chi connectivity index (χ2v) is 6.54. The monoisotopic (exact) mass is 327 g/mol. The molecule has 0 heterocycles. The third-order valence-electron chi connectivity index (χ3n) is 3.76. The summed E-state index contributed by atoms with van der Waals surface area (Å²) >= 11 is 0. The molecular weight excluding hydrogens is 298 g/mol. The molecule has 0 bridgehead atoms. The molecule has 2 aromatic rings. The van der Waals surface area contributed by atoms with Crippen molar-refractivity contribution in [2.24, 2.45) is 5.92 Å². The Hall–Kier alpha value is -2.16. The van der Waals surface area contributed by atoms with Gasteiger partial charge in [-0.05, 0) is 43.5 Å². The molecule has 1 atom stereocenters. The van der Waals surface area contributed by atoms with Gasteiger partial charge in [-0.3, -0.25) is 0 Å². The van der Waals surface area contributed by atoms with E-state index in [0.717, 1.165) is 36.8 Å². The first-order chi connectivity index (χ1) is 11.6. The van der Waals surface area contributed by atoms with E-state index in [-0.39, 0.29) is 6.10 Å². The van der Waals surface area contributed by atoms with Crippen molar-refractivity contribution in [2.45, 2.75) is 40.2 Å². The van der Waals surface area contributed by atoms with Crippen molar-refractivity contribution in [3.63, 3.8) is 0 Å². The molecule has 0 aliphatic rings. The van der Waals surface area contributed by atoms with Gasteiger partial charge in [0, 0.05) is 0 Å². The van der Waals surface area contributed by atoms with E-state index in [0.29, 0.717) is 5.92 Å². The molecule has 0 aliphatic heterocycles. The van der Waals surface area contributed by atoms with E-state index in [1.54, 1.807) is 0 Å². The van der Waals surface area contributed by atoms with Crippen LogP contribution in [-0.4, -0.2) is 19.3 Å². The first-order valence-electron chi connectivity index (χ1n) is 8.77. The molecule has 3 nitrogen and oxygen atoms in total. The standard InChI is InChI=1S/C21H29NO2/c1-5-18(24-19-12-10-17(4)11-13-19)14-22-20-8-6-7-9-21(20)23-15-16(2)3/h6-13,16,18,22H,5,14-15H2,1-4H3. The average molecular weight is 327 g/mol. The molecule has 24 heavy (non-hydrogen) atoms. The fraction of sp³-hybridized carbons (Fsp3) is 0.429. The summed E-state index contributed by atoms with van der Waals surface area (Å²) in [5, 5.41) is 3.47. The molecule has 0 radical (unpaired) electrons. The molecule has 2 rings (SSSR count). The third kappa shape index (κ3) is 5.80. The van der Waals surface area contributed by atoms with E-state index in [4.69, 9.17) is 9.47 Å². The Kier molecular flexibility index (Phi) is 6.98. The Morgan fingerprint density at radius 1 is 1.00 bits per heavy atom. The molecule has 0 saturated carbocycles. The minimum Gasteiger partial charge on any atom is -0.491 e. The van der Waals surface area contributed by atoms with Gasteiger partial charge in [0.1, 0.15) is 17.6 Å². The van der Waals surface area contributed by atoms with Crippen LogP contribution in [0.3, 0.4) is 0 Å². The lowest BCUT2D eigenvalue weighted by molar-refractivity contribution is 0.209. The number of anilines is 1. The van der Waals surface area contributed by atoms with Crippen molar-refractivity contribution in [2.75, 3.05) is 18.5 Å². The Morgan fingerprint density at radius 2 is 1.71 bits per heavy atom. The van der Waals surface area contributed by atoms with Crippen LogP contribution in [0, 0.1) is 12.8 Å². The number of para-hydroxylation sites is 2. The molecule has 0 aliphatic carbocycles. The summed E-state index contributed by atoms with van der Waals surface area (Å²) in [6, 6.07) is 16.3. The van der Waals surface area contributed by atoms with Crippen molar-refractivity contribution in [1.29, 1.82) is 0 Å². The summed E-state index contributed by atoms with van der Waals surface area (Å²) in [6.45, 7) is 9.98. The summed E-state index contributed by atoms with van der Waals surface area (Å²) in [5.74, 6) is 2.32. The molecule has 130 valence electrons. The van der Waals surface area contributed by atoms with Crippen LogP contribution in [0.15, 0.2) is 48.5 Å². The van der Waals surface area contributed by atoms with Gasteiger partial charge in [-0.25, -0.2) is 0 Å².